The minimum Gasteiger partial charge on any atom is -0.465 e. The van der Waals surface area contributed by atoms with Crippen molar-refractivity contribution in [1.29, 1.82) is 0 Å². The van der Waals surface area contributed by atoms with Gasteiger partial charge < -0.3 is 15.4 Å². The number of methoxy groups -OCH3 is 1. The number of benzene rings is 2. The lowest BCUT2D eigenvalue weighted by molar-refractivity contribution is 0.0601. The number of aromatic nitrogens is 1. The molecule has 0 aliphatic rings. The first kappa shape index (κ1) is 18.1. The van der Waals surface area contributed by atoms with E-state index in [1.54, 1.807) is 36.4 Å². The highest BCUT2D eigenvalue weighted by Gasteiger charge is 2.13. The van der Waals surface area contributed by atoms with Gasteiger partial charge in [0, 0.05) is 11.9 Å². The van der Waals surface area contributed by atoms with Gasteiger partial charge in [0.1, 0.15) is 5.82 Å². The fraction of sp³-hybridized carbons (Fsp3) is 0.0500. The lowest BCUT2D eigenvalue weighted by Crippen LogP contribution is -2.13. The Hall–Kier alpha value is -3.74. The molecular weight excluding hydrogens is 349 g/mol. The van der Waals surface area contributed by atoms with E-state index in [9.17, 15) is 14.0 Å². The molecule has 27 heavy (non-hydrogen) atoms. The van der Waals surface area contributed by atoms with Gasteiger partial charge in [-0.15, -0.1) is 0 Å². The van der Waals surface area contributed by atoms with Crippen LogP contribution in [0, 0.1) is 5.82 Å². The molecule has 0 aliphatic carbocycles. The Morgan fingerprint density at radius 3 is 2.59 bits per heavy atom. The molecule has 7 heteroatoms. The minimum absolute atomic E-state index is 0.278. The van der Waals surface area contributed by atoms with Crippen LogP contribution in [0.2, 0.25) is 0 Å². The summed E-state index contributed by atoms with van der Waals surface area (Å²) in [5.41, 5.74) is 2.01. The SMILES string of the molecule is COC(=O)c1ccccc1Nc1cncc(C(=O)Nc2cccc(F)c2)c1. The monoisotopic (exact) mass is 365 g/mol. The van der Waals surface area contributed by atoms with Gasteiger partial charge >= 0.3 is 5.97 Å². The highest BCUT2D eigenvalue weighted by Crippen LogP contribution is 2.22. The summed E-state index contributed by atoms with van der Waals surface area (Å²) >= 11 is 0. The van der Waals surface area contributed by atoms with Crippen LogP contribution in [-0.2, 0) is 4.74 Å². The van der Waals surface area contributed by atoms with Crippen molar-refractivity contribution in [2.24, 2.45) is 0 Å². The van der Waals surface area contributed by atoms with Crippen molar-refractivity contribution in [3.8, 4) is 0 Å². The number of esters is 1. The third kappa shape index (κ3) is 4.46. The Morgan fingerprint density at radius 2 is 1.81 bits per heavy atom. The van der Waals surface area contributed by atoms with Crippen molar-refractivity contribution < 1.29 is 18.7 Å². The second kappa shape index (κ2) is 8.09. The number of amides is 1. The third-order valence-corrected chi connectivity index (χ3v) is 3.69. The van der Waals surface area contributed by atoms with Crippen molar-refractivity contribution in [2.45, 2.75) is 0 Å². The molecule has 3 rings (SSSR count). The van der Waals surface area contributed by atoms with E-state index in [4.69, 9.17) is 4.74 Å². The average Bonchev–Trinajstić information content (AvgIpc) is 2.68. The topological polar surface area (TPSA) is 80.3 Å². The van der Waals surface area contributed by atoms with E-state index < -0.39 is 17.7 Å². The van der Waals surface area contributed by atoms with Crippen LogP contribution in [0.1, 0.15) is 20.7 Å². The van der Waals surface area contributed by atoms with Gasteiger partial charge in [0.05, 0.1) is 35.8 Å². The standard InChI is InChI=1S/C20H16FN3O3/c1-27-20(26)17-7-2-3-8-18(17)23-16-9-13(11-22-12-16)19(25)24-15-6-4-5-14(21)10-15/h2-12,23H,1H3,(H,24,25). The number of carbonyl (C=O) groups excluding carboxylic acids is 2. The molecule has 136 valence electrons. The van der Waals surface area contributed by atoms with Gasteiger partial charge in [0.2, 0.25) is 0 Å². The fourth-order valence-corrected chi connectivity index (χ4v) is 2.44. The van der Waals surface area contributed by atoms with Crippen LogP contribution in [-0.4, -0.2) is 24.0 Å². The Morgan fingerprint density at radius 1 is 1.00 bits per heavy atom. The molecule has 1 aromatic heterocycles. The van der Waals surface area contributed by atoms with Gasteiger partial charge in [0.15, 0.2) is 0 Å². The van der Waals surface area contributed by atoms with Crippen molar-refractivity contribution in [3.05, 3.63) is 83.9 Å². The summed E-state index contributed by atoms with van der Waals surface area (Å²) in [6.07, 6.45) is 2.92. The molecule has 3 aromatic rings. The van der Waals surface area contributed by atoms with Gasteiger partial charge in [-0.25, -0.2) is 9.18 Å². The maximum absolute atomic E-state index is 13.2. The number of nitrogens with zero attached hydrogens (tertiary/aromatic N) is 1. The normalized spacial score (nSPS) is 10.1. The largest absolute Gasteiger partial charge is 0.465 e. The number of carbonyl (C=O) groups is 2. The Kier molecular flexibility index (Phi) is 5.41. The number of halogens is 1. The zero-order valence-electron chi connectivity index (χ0n) is 14.4. The second-order valence-electron chi connectivity index (χ2n) is 5.59. The quantitative estimate of drug-likeness (QED) is 0.668. The molecule has 0 aliphatic heterocycles. The van der Waals surface area contributed by atoms with Crippen LogP contribution >= 0.6 is 0 Å². The molecule has 0 radical (unpaired) electrons. The van der Waals surface area contributed by atoms with E-state index in [0.29, 0.717) is 22.6 Å². The van der Waals surface area contributed by atoms with Crippen LogP contribution < -0.4 is 10.6 Å². The third-order valence-electron chi connectivity index (χ3n) is 3.69. The van der Waals surface area contributed by atoms with E-state index in [0.717, 1.165) is 0 Å². The Bertz CT molecular complexity index is 991. The smallest absolute Gasteiger partial charge is 0.339 e. The predicted molar refractivity (Wildman–Crippen MR) is 99.7 cm³/mol. The Balaban J connectivity index is 1.80. The highest BCUT2D eigenvalue weighted by atomic mass is 19.1. The maximum atomic E-state index is 13.2. The lowest BCUT2D eigenvalue weighted by Gasteiger charge is -2.11. The Labute approximate surface area is 155 Å². The van der Waals surface area contributed by atoms with E-state index >= 15 is 0 Å². The molecule has 6 nitrogen and oxygen atoms in total. The number of nitrogens with one attached hydrogen (secondary N) is 2. The molecule has 2 aromatic carbocycles. The van der Waals surface area contributed by atoms with Crippen molar-refractivity contribution in [2.75, 3.05) is 17.7 Å². The molecule has 1 heterocycles. The number of hydrogen-bond acceptors (Lipinski definition) is 5. The van der Waals surface area contributed by atoms with Crippen molar-refractivity contribution in [1.82, 2.24) is 4.98 Å². The molecule has 0 saturated carbocycles. The predicted octanol–water partition coefficient (Wildman–Crippen LogP) is 4.00. The highest BCUT2D eigenvalue weighted by molar-refractivity contribution is 6.04. The summed E-state index contributed by atoms with van der Waals surface area (Å²) in [6.45, 7) is 0. The number of hydrogen-bond donors (Lipinski definition) is 2. The minimum atomic E-state index is -0.480. The van der Waals surface area contributed by atoms with Crippen LogP contribution in [0.4, 0.5) is 21.5 Å². The number of ether oxygens (including phenoxy) is 1. The summed E-state index contributed by atoms with van der Waals surface area (Å²) < 4.78 is 18.0. The molecule has 0 unspecified atom stereocenters. The molecule has 1 amide bonds. The lowest BCUT2D eigenvalue weighted by atomic mass is 10.1. The molecule has 0 saturated heterocycles. The van der Waals surface area contributed by atoms with Gasteiger partial charge in [0.25, 0.3) is 5.91 Å². The average molecular weight is 365 g/mol. The van der Waals surface area contributed by atoms with E-state index in [1.807, 2.05) is 0 Å². The first-order valence-corrected chi connectivity index (χ1v) is 8.03. The molecule has 2 N–H and O–H groups in total. The van der Waals surface area contributed by atoms with Crippen molar-refractivity contribution >= 4 is 28.9 Å². The fourth-order valence-electron chi connectivity index (χ4n) is 2.44. The maximum Gasteiger partial charge on any atom is 0.339 e. The number of rotatable bonds is 5. The van der Waals surface area contributed by atoms with Gasteiger partial charge in [-0.3, -0.25) is 9.78 Å². The molecule has 0 spiro atoms. The summed E-state index contributed by atoms with van der Waals surface area (Å²) in [5, 5.41) is 5.66. The zero-order chi connectivity index (χ0) is 19.2. The van der Waals surface area contributed by atoms with E-state index in [1.165, 1.54) is 37.7 Å². The van der Waals surface area contributed by atoms with Crippen molar-refractivity contribution in [3.63, 3.8) is 0 Å². The molecule has 0 bridgehead atoms. The van der Waals surface area contributed by atoms with Gasteiger partial charge in [-0.05, 0) is 36.4 Å². The zero-order valence-corrected chi connectivity index (χ0v) is 14.4. The molecule has 0 atom stereocenters. The number of para-hydroxylation sites is 1. The van der Waals surface area contributed by atoms with Crippen LogP contribution in [0.3, 0.4) is 0 Å². The van der Waals surface area contributed by atoms with Crippen LogP contribution in [0.25, 0.3) is 0 Å². The first-order chi connectivity index (χ1) is 13.1. The first-order valence-electron chi connectivity index (χ1n) is 8.03. The van der Waals surface area contributed by atoms with Crippen LogP contribution in [0.5, 0.6) is 0 Å². The molecule has 0 fully saturated rings. The second-order valence-corrected chi connectivity index (χ2v) is 5.59. The number of pyridine rings is 1. The van der Waals surface area contributed by atoms with Crippen LogP contribution in [0.15, 0.2) is 67.0 Å². The summed E-state index contributed by atoms with van der Waals surface area (Å²) in [7, 11) is 1.30. The summed E-state index contributed by atoms with van der Waals surface area (Å²) in [6, 6.07) is 14.0. The van der Waals surface area contributed by atoms with Gasteiger partial charge in [-0.2, -0.15) is 0 Å². The van der Waals surface area contributed by atoms with E-state index in [2.05, 4.69) is 15.6 Å². The molecular formula is C20H16FN3O3. The summed E-state index contributed by atoms with van der Waals surface area (Å²) in [4.78, 5) is 28.3. The number of anilines is 3. The summed E-state index contributed by atoms with van der Waals surface area (Å²) in [5.74, 6) is -1.36. The van der Waals surface area contributed by atoms with Gasteiger partial charge in [-0.1, -0.05) is 18.2 Å². The van der Waals surface area contributed by atoms with E-state index in [-0.39, 0.29) is 5.56 Å².